The molecule has 0 unspecified atom stereocenters. The Morgan fingerprint density at radius 2 is 1.32 bits per heavy atom. The summed E-state index contributed by atoms with van der Waals surface area (Å²) in [6.45, 7) is 10.6. The molecular weight excluding hydrogens is 435 g/mol. The van der Waals surface area contributed by atoms with E-state index in [1.54, 1.807) is 0 Å². The second-order valence-corrected chi connectivity index (χ2v) is 11.3. The second-order valence-electron chi connectivity index (χ2n) is 8.77. The number of hydrogen-bond acceptors (Lipinski definition) is 2. The zero-order chi connectivity index (χ0) is 24.2. The SMILES string of the molecule is C=CC[C@@H](NP(=O)(c1ccccc1)c1ccccc1)c1ccc(N(CCCC)CCCC)cc1. The van der Waals surface area contributed by atoms with E-state index in [4.69, 9.17) is 0 Å². The zero-order valence-electron chi connectivity index (χ0n) is 20.7. The summed E-state index contributed by atoms with van der Waals surface area (Å²) in [7, 11) is -3.04. The first-order chi connectivity index (χ1) is 16.6. The molecule has 0 saturated heterocycles. The highest BCUT2D eigenvalue weighted by molar-refractivity contribution is 7.76. The Bertz CT molecular complexity index is 983. The van der Waals surface area contributed by atoms with E-state index in [-0.39, 0.29) is 6.04 Å². The van der Waals surface area contributed by atoms with Crippen LogP contribution in [-0.4, -0.2) is 13.1 Å². The summed E-state index contributed by atoms with van der Waals surface area (Å²) < 4.78 is 14.5. The van der Waals surface area contributed by atoms with Crippen LogP contribution >= 0.6 is 7.29 Å². The van der Waals surface area contributed by atoms with Gasteiger partial charge in [0.2, 0.25) is 7.29 Å². The molecule has 4 heteroatoms. The van der Waals surface area contributed by atoms with Gasteiger partial charge in [-0.25, -0.2) is 0 Å². The van der Waals surface area contributed by atoms with Crippen LogP contribution in [0.25, 0.3) is 0 Å². The number of benzene rings is 3. The van der Waals surface area contributed by atoms with Gasteiger partial charge in [-0.15, -0.1) is 6.58 Å². The summed E-state index contributed by atoms with van der Waals surface area (Å²) in [5.74, 6) is 0. The van der Waals surface area contributed by atoms with Gasteiger partial charge in [-0.2, -0.15) is 0 Å². The Labute approximate surface area is 206 Å². The molecule has 0 heterocycles. The average molecular weight is 475 g/mol. The molecule has 1 N–H and O–H groups in total. The van der Waals surface area contributed by atoms with Gasteiger partial charge in [-0.1, -0.05) is 81.3 Å². The average Bonchev–Trinajstić information content (AvgIpc) is 2.89. The first-order valence-corrected chi connectivity index (χ1v) is 14.3. The summed E-state index contributed by atoms with van der Waals surface area (Å²) in [5, 5.41) is 5.20. The highest BCUT2D eigenvalue weighted by Gasteiger charge is 2.30. The monoisotopic (exact) mass is 474 g/mol. The van der Waals surface area contributed by atoms with E-state index < -0.39 is 7.29 Å². The quantitative estimate of drug-likeness (QED) is 0.198. The van der Waals surface area contributed by atoms with Gasteiger partial charge in [0.25, 0.3) is 0 Å². The van der Waals surface area contributed by atoms with E-state index in [2.05, 4.69) is 54.7 Å². The third kappa shape index (κ3) is 6.72. The molecule has 0 aliphatic carbocycles. The van der Waals surface area contributed by atoms with Crippen LogP contribution in [0.15, 0.2) is 97.6 Å². The number of hydrogen-bond donors (Lipinski definition) is 1. The minimum absolute atomic E-state index is 0.0995. The number of nitrogens with zero attached hydrogens (tertiary/aromatic N) is 1. The van der Waals surface area contributed by atoms with Crippen molar-refractivity contribution in [3.05, 3.63) is 103 Å². The van der Waals surface area contributed by atoms with Crippen molar-refractivity contribution >= 4 is 23.6 Å². The molecule has 180 valence electrons. The lowest BCUT2D eigenvalue weighted by molar-refractivity contribution is 0.561. The molecule has 0 fully saturated rings. The van der Waals surface area contributed by atoms with Crippen LogP contribution in [0.4, 0.5) is 5.69 Å². The largest absolute Gasteiger partial charge is 0.372 e. The van der Waals surface area contributed by atoms with Crippen molar-refractivity contribution < 1.29 is 4.57 Å². The predicted octanol–water partition coefficient (Wildman–Crippen LogP) is 7.23. The normalized spacial score (nSPS) is 12.3. The minimum Gasteiger partial charge on any atom is -0.372 e. The molecule has 1 atom stereocenters. The molecule has 0 saturated carbocycles. The molecule has 3 aromatic carbocycles. The molecular formula is C30H39N2OP. The molecule has 3 nitrogen and oxygen atoms in total. The van der Waals surface area contributed by atoms with E-state index >= 15 is 0 Å². The molecule has 0 spiro atoms. The third-order valence-electron chi connectivity index (χ3n) is 6.20. The maximum absolute atomic E-state index is 14.5. The summed E-state index contributed by atoms with van der Waals surface area (Å²) in [5.41, 5.74) is 2.39. The fraction of sp³-hybridized carbons (Fsp3) is 0.333. The van der Waals surface area contributed by atoms with Crippen molar-refractivity contribution in [2.75, 3.05) is 18.0 Å². The fourth-order valence-electron chi connectivity index (χ4n) is 4.21. The van der Waals surface area contributed by atoms with Crippen molar-refractivity contribution in [2.24, 2.45) is 0 Å². The summed E-state index contributed by atoms with van der Waals surface area (Å²) >= 11 is 0. The standard InChI is InChI=1S/C30H39N2OP/c1-4-7-24-32(25-8-5-2)27-22-20-26(21-23-27)30(15-6-3)31-34(33,28-16-11-9-12-17-28)29-18-13-10-14-19-29/h6,9-14,16-23,30H,3-5,7-8,15,24-25H2,1-2H3,(H,31,33)/t30-/m1/s1. The van der Waals surface area contributed by atoms with E-state index in [0.717, 1.165) is 29.3 Å². The van der Waals surface area contributed by atoms with Gasteiger partial charge in [0.1, 0.15) is 0 Å². The lowest BCUT2D eigenvalue weighted by Gasteiger charge is -2.28. The first kappa shape index (κ1) is 26.0. The molecule has 0 amide bonds. The fourth-order valence-corrected chi connectivity index (χ4v) is 6.68. The number of nitrogens with one attached hydrogen (secondary N) is 1. The van der Waals surface area contributed by atoms with Crippen LogP contribution < -0.4 is 20.6 Å². The number of anilines is 1. The first-order valence-electron chi connectivity index (χ1n) is 12.6. The summed E-state index contributed by atoms with van der Waals surface area (Å²) in [6, 6.07) is 28.2. The number of rotatable bonds is 14. The molecule has 0 bridgehead atoms. The number of unbranched alkanes of at least 4 members (excludes halogenated alkanes) is 2. The van der Waals surface area contributed by atoms with Crippen molar-refractivity contribution in [2.45, 2.75) is 52.0 Å². The maximum Gasteiger partial charge on any atom is 0.205 e. The van der Waals surface area contributed by atoms with Crippen molar-refractivity contribution in [3.63, 3.8) is 0 Å². The lowest BCUT2D eigenvalue weighted by Crippen LogP contribution is -2.30. The van der Waals surface area contributed by atoms with Gasteiger partial charge in [-0.3, -0.25) is 9.65 Å². The predicted molar refractivity (Wildman–Crippen MR) is 149 cm³/mol. The van der Waals surface area contributed by atoms with E-state index in [9.17, 15) is 4.57 Å². The minimum atomic E-state index is -3.04. The molecule has 0 aliphatic rings. The maximum atomic E-state index is 14.5. The second kappa shape index (κ2) is 13.3. The lowest BCUT2D eigenvalue weighted by atomic mass is 10.0. The Balaban J connectivity index is 1.91. The van der Waals surface area contributed by atoms with E-state index in [0.29, 0.717) is 6.42 Å². The van der Waals surface area contributed by atoms with Crippen molar-refractivity contribution in [1.82, 2.24) is 5.09 Å². The topological polar surface area (TPSA) is 32.3 Å². The van der Waals surface area contributed by atoms with Gasteiger partial charge < -0.3 is 4.90 Å². The highest BCUT2D eigenvalue weighted by Crippen LogP contribution is 2.42. The van der Waals surface area contributed by atoms with E-state index in [1.807, 2.05) is 66.7 Å². The Hall–Kier alpha value is -2.61. The van der Waals surface area contributed by atoms with Crippen LogP contribution in [0.3, 0.4) is 0 Å². The van der Waals surface area contributed by atoms with Gasteiger partial charge in [0.15, 0.2) is 0 Å². The van der Waals surface area contributed by atoms with Crippen LogP contribution in [-0.2, 0) is 4.57 Å². The smallest absolute Gasteiger partial charge is 0.205 e. The highest BCUT2D eigenvalue weighted by atomic mass is 31.2. The Morgan fingerprint density at radius 1 is 0.824 bits per heavy atom. The summed E-state index contributed by atoms with van der Waals surface area (Å²) in [4.78, 5) is 2.49. The Kier molecular flexibility index (Phi) is 10.2. The van der Waals surface area contributed by atoms with Gasteiger partial charge in [-0.05, 0) is 61.2 Å². The van der Waals surface area contributed by atoms with Crippen molar-refractivity contribution in [1.29, 1.82) is 0 Å². The third-order valence-corrected chi connectivity index (χ3v) is 8.93. The van der Waals surface area contributed by atoms with Gasteiger partial charge in [0, 0.05) is 35.4 Å². The molecule has 0 aliphatic heterocycles. The van der Waals surface area contributed by atoms with Crippen LogP contribution in [0.1, 0.15) is 57.6 Å². The van der Waals surface area contributed by atoms with Crippen LogP contribution in [0.5, 0.6) is 0 Å². The summed E-state index contributed by atoms with van der Waals surface area (Å²) in [6.07, 6.45) is 7.38. The van der Waals surface area contributed by atoms with Crippen LogP contribution in [0, 0.1) is 0 Å². The van der Waals surface area contributed by atoms with Crippen LogP contribution in [0.2, 0.25) is 0 Å². The Morgan fingerprint density at radius 3 is 1.76 bits per heavy atom. The molecule has 34 heavy (non-hydrogen) atoms. The van der Waals surface area contributed by atoms with E-state index in [1.165, 1.54) is 31.4 Å². The molecule has 3 rings (SSSR count). The molecule has 0 aromatic heterocycles. The van der Waals surface area contributed by atoms with Gasteiger partial charge >= 0.3 is 0 Å². The molecule has 0 radical (unpaired) electrons. The van der Waals surface area contributed by atoms with Crippen molar-refractivity contribution in [3.8, 4) is 0 Å². The zero-order valence-corrected chi connectivity index (χ0v) is 21.6. The van der Waals surface area contributed by atoms with Gasteiger partial charge in [0.05, 0.1) is 0 Å². The molecule has 3 aromatic rings.